The van der Waals surface area contributed by atoms with Crippen LogP contribution in [0.4, 0.5) is 0 Å². The standard InChI is InChI=1S/C18H14N4S/c1-2-7-13(8-3-1)9-6-12-23-18-20-17-16(21-22-18)14-10-4-5-11-15(14)19-17/h1-11H,12H2,(H,19,20,22)/b9-6+. The van der Waals surface area contributed by atoms with Gasteiger partial charge in [-0.05, 0) is 11.6 Å². The fraction of sp³-hybridized carbons (Fsp3) is 0.0556. The first-order valence-corrected chi connectivity index (χ1v) is 8.34. The molecule has 2 aromatic heterocycles. The van der Waals surface area contributed by atoms with Crippen LogP contribution in [0.15, 0.2) is 65.8 Å². The van der Waals surface area contributed by atoms with E-state index in [4.69, 9.17) is 0 Å². The van der Waals surface area contributed by atoms with Gasteiger partial charge in [0.15, 0.2) is 5.65 Å². The second-order valence-electron chi connectivity index (χ2n) is 5.09. The number of benzene rings is 2. The molecule has 4 nitrogen and oxygen atoms in total. The van der Waals surface area contributed by atoms with E-state index < -0.39 is 0 Å². The van der Waals surface area contributed by atoms with Gasteiger partial charge in [0.05, 0.1) is 0 Å². The molecule has 0 unspecified atom stereocenters. The number of aromatic nitrogens is 4. The molecule has 0 atom stereocenters. The number of para-hydroxylation sites is 1. The van der Waals surface area contributed by atoms with E-state index in [1.165, 1.54) is 5.56 Å². The average molecular weight is 318 g/mol. The molecule has 0 saturated carbocycles. The maximum atomic E-state index is 4.56. The first kappa shape index (κ1) is 14.0. The maximum absolute atomic E-state index is 4.56. The number of nitrogens with one attached hydrogen (secondary N) is 1. The molecular formula is C18H14N4S. The molecule has 0 fully saturated rings. The predicted octanol–water partition coefficient (Wildman–Crippen LogP) is 4.31. The Morgan fingerprint density at radius 1 is 0.957 bits per heavy atom. The molecule has 2 aromatic carbocycles. The van der Waals surface area contributed by atoms with Gasteiger partial charge in [-0.1, -0.05) is 72.4 Å². The SMILES string of the molecule is C(=C\c1ccccc1)/CSc1nnc2c(n1)[nH]c1ccccc12. The van der Waals surface area contributed by atoms with E-state index in [0.717, 1.165) is 27.8 Å². The summed E-state index contributed by atoms with van der Waals surface area (Å²) >= 11 is 1.57. The highest BCUT2D eigenvalue weighted by atomic mass is 32.2. The lowest BCUT2D eigenvalue weighted by Gasteiger charge is -1.96. The van der Waals surface area contributed by atoms with Gasteiger partial charge in [0, 0.05) is 16.7 Å². The Labute approximate surface area is 137 Å². The number of aromatic amines is 1. The molecule has 0 bridgehead atoms. The van der Waals surface area contributed by atoms with Crippen molar-refractivity contribution in [1.82, 2.24) is 20.2 Å². The van der Waals surface area contributed by atoms with Gasteiger partial charge in [-0.2, -0.15) is 0 Å². The number of fused-ring (bicyclic) bond motifs is 3. The molecule has 4 aromatic rings. The predicted molar refractivity (Wildman–Crippen MR) is 95.4 cm³/mol. The van der Waals surface area contributed by atoms with Crippen molar-refractivity contribution in [2.45, 2.75) is 5.16 Å². The molecule has 0 saturated heterocycles. The summed E-state index contributed by atoms with van der Waals surface area (Å²) in [5.74, 6) is 0.808. The Morgan fingerprint density at radius 3 is 2.70 bits per heavy atom. The molecule has 0 radical (unpaired) electrons. The molecule has 1 N–H and O–H groups in total. The first-order chi connectivity index (χ1) is 11.4. The Bertz CT molecular complexity index is 976. The molecular weight excluding hydrogens is 304 g/mol. The van der Waals surface area contributed by atoms with Crippen LogP contribution in [0.2, 0.25) is 0 Å². The second kappa shape index (κ2) is 6.22. The molecule has 0 amide bonds. The van der Waals surface area contributed by atoms with Crippen molar-refractivity contribution in [2.24, 2.45) is 0 Å². The van der Waals surface area contributed by atoms with Crippen molar-refractivity contribution in [2.75, 3.05) is 5.75 Å². The highest BCUT2D eigenvalue weighted by molar-refractivity contribution is 7.99. The van der Waals surface area contributed by atoms with Crippen LogP contribution in [0, 0.1) is 0 Å². The normalized spacial score (nSPS) is 11.7. The third kappa shape index (κ3) is 2.96. The zero-order chi connectivity index (χ0) is 15.5. The number of thioether (sulfide) groups is 1. The smallest absolute Gasteiger partial charge is 0.211 e. The molecule has 5 heteroatoms. The van der Waals surface area contributed by atoms with Gasteiger partial charge >= 0.3 is 0 Å². The van der Waals surface area contributed by atoms with E-state index in [1.807, 2.05) is 42.5 Å². The fourth-order valence-electron chi connectivity index (χ4n) is 2.44. The van der Waals surface area contributed by atoms with E-state index in [0.29, 0.717) is 5.16 Å². The molecule has 112 valence electrons. The van der Waals surface area contributed by atoms with Crippen LogP contribution in [0.5, 0.6) is 0 Å². The average Bonchev–Trinajstić information content (AvgIpc) is 2.97. The van der Waals surface area contributed by atoms with E-state index in [1.54, 1.807) is 11.8 Å². The molecule has 0 aliphatic rings. The van der Waals surface area contributed by atoms with E-state index >= 15 is 0 Å². The molecule has 0 aliphatic carbocycles. The van der Waals surface area contributed by atoms with Crippen molar-refractivity contribution in [3.05, 3.63) is 66.2 Å². The zero-order valence-corrected chi connectivity index (χ0v) is 13.1. The van der Waals surface area contributed by atoms with Crippen LogP contribution >= 0.6 is 11.8 Å². The maximum Gasteiger partial charge on any atom is 0.211 e. The number of nitrogens with zero attached hydrogens (tertiary/aromatic N) is 3. The monoisotopic (exact) mass is 318 g/mol. The summed E-state index contributed by atoms with van der Waals surface area (Å²) < 4.78 is 0. The van der Waals surface area contributed by atoms with Gasteiger partial charge in [-0.3, -0.25) is 0 Å². The lowest BCUT2D eigenvalue weighted by atomic mass is 10.2. The van der Waals surface area contributed by atoms with Crippen molar-refractivity contribution in [3.63, 3.8) is 0 Å². The van der Waals surface area contributed by atoms with Crippen LogP contribution in [-0.2, 0) is 0 Å². The summed E-state index contributed by atoms with van der Waals surface area (Å²) in [4.78, 5) is 7.85. The minimum Gasteiger partial charge on any atom is -0.338 e. The van der Waals surface area contributed by atoms with Crippen LogP contribution in [0.25, 0.3) is 28.1 Å². The van der Waals surface area contributed by atoms with Crippen molar-refractivity contribution in [3.8, 4) is 0 Å². The van der Waals surface area contributed by atoms with Crippen LogP contribution in [0.3, 0.4) is 0 Å². The summed E-state index contributed by atoms with van der Waals surface area (Å²) in [6.07, 6.45) is 4.21. The Balaban J connectivity index is 1.51. The van der Waals surface area contributed by atoms with Crippen LogP contribution in [-0.4, -0.2) is 25.9 Å². The molecule has 0 aliphatic heterocycles. The largest absolute Gasteiger partial charge is 0.338 e. The quantitative estimate of drug-likeness (QED) is 0.570. The third-order valence-electron chi connectivity index (χ3n) is 3.52. The van der Waals surface area contributed by atoms with E-state index in [9.17, 15) is 0 Å². The van der Waals surface area contributed by atoms with Crippen molar-refractivity contribution >= 4 is 39.9 Å². The van der Waals surface area contributed by atoms with E-state index in [2.05, 4.69) is 44.5 Å². The number of H-pyrrole nitrogens is 1. The molecule has 0 spiro atoms. The Hall–Kier alpha value is -2.66. The van der Waals surface area contributed by atoms with Crippen molar-refractivity contribution < 1.29 is 0 Å². The summed E-state index contributed by atoms with van der Waals surface area (Å²) in [6, 6.07) is 18.3. The van der Waals surface area contributed by atoms with Gasteiger partial charge in [0.1, 0.15) is 5.52 Å². The third-order valence-corrected chi connectivity index (χ3v) is 4.31. The summed E-state index contributed by atoms with van der Waals surface area (Å²) in [5.41, 5.74) is 3.84. The van der Waals surface area contributed by atoms with E-state index in [-0.39, 0.29) is 0 Å². The molecule has 23 heavy (non-hydrogen) atoms. The molecule has 2 heterocycles. The summed E-state index contributed by atoms with van der Waals surface area (Å²) in [5, 5.41) is 10.3. The highest BCUT2D eigenvalue weighted by Gasteiger charge is 2.08. The minimum absolute atomic E-state index is 0.682. The second-order valence-corrected chi connectivity index (χ2v) is 6.07. The van der Waals surface area contributed by atoms with Gasteiger partial charge in [0.25, 0.3) is 0 Å². The minimum atomic E-state index is 0.682. The van der Waals surface area contributed by atoms with Gasteiger partial charge < -0.3 is 4.98 Å². The van der Waals surface area contributed by atoms with Gasteiger partial charge in [-0.15, -0.1) is 10.2 Å². The number of hydrogen-bond donors (Lipinski definition) is 1. The van der Waals surface area contributed by atoms with Crippen molar-refractivity contribution in [1.29, 1.82) is 0 Å². The lowest BCUT2D eigenvalue weighted by Crippen LogP contribution is -1.91. The summed E-state index contributed by atoms with van der Waals surface area (Å²) in [6.45, 7) is 0. The number of hydrogen-bond acceptors (Lipinski definition) is 4. The topological polar surface area (TPSA) is 54.5 Å². The highest BCUT2D eigenvalue weighted by Crippen LogP contribution is 2.23. The fourth-order valence-corrected chi connectivity index (χ4v) is 3.03. The molecule has 4 rings (SSSR count). The zero-order valence-electron chi connectivity index (χ0n) is 12.3. The van der Waals surface area contributed by atoms with Gasteiger partial charge in [-0.25, -0.2) is 4.98 Å². The Kier molecular flexibility index (Phi) is 3.78. The van der Waals surface area contributed by atoms with Gasteiger partial charge in [0.2, 0.25) is 5.16 Å². The Morgan fingerprint density at radius 2 is 1.78 bits per heavy atom. The number of rotatable bonds is 4. The van der Waals surface area contributed by atoms with Crippen LogP contribution in [0.1, 0.15) is 5.56 Å². The lowest BCUT2D eigenvalue weighted by molar-refractivity contribution is 0.879. The summed E-state index contributed by atoms with van der Waals surface area (Å²) in [7, 11) is 0. The van der Waals surface area contributed by atoms with Crippen LogP contribution < -0.4 is 0 Å². The first-order valence-electron chi connectivity index (χ1n) is 7.36.